The van der Waals surface area contributed by atoms with Gasteiger partial charge in [-0.3, -0.25) is 19.4 Å². The van der Waals surface area contributed by atoms with Gasteiger partial charge in [0, 0.05) is 12.6 Å². The smallest absolute Gasteiger partial charge is 0.334 e. The SMILES string of the molecule is C=CC(=O)N[C@H]1CCC[C@H]1N1C(=O)N(c2ccc(O[C@@H]3CCOC3)cc2C)c2ccnc3sc(C(N)=O)c1c23. The van der Waals surface area contributed by atoms with Crippen LogP contribution in [-0.4, -0.2) is 54.2 Å². The third-order valence-electron chi connectivity index (χ3n) is 7.57. The highest BCUT2D eigenvalue weighted by Crippen LogP contribution is 2.50. The number of ether oxygens (including phenoxy) is 2. The first-order valence-corrected chi connectivity index (χ1v) is 13.8. The monoisotopic (exact) mass is 547 g/mol. The van der Waals surface area contributed by atoms with Crippen LogP contribution in [0.5, 0.6) is 5.75 Å². The minimum Gasteiger partial charge on any atom is -0.488 e. The van der Waals surface area contributed by atoms with E-state index in [4.69, 9.17) is 15.2 Å². The van der Waals surface area contributed by atoms with Crippen molar-refractivity contribution in [3.05, 3.63) is 53.6 Å². The third-order valence-corrected chi connectivity index (χ3v) is 8.67. The van der Waals surface area contributed by atoms with E-state index in [1.165, 1.54) is 17.4 Å². The first-order chi connectivity index (χ1) is 18.9. The molecular weight excluding hydrogens is 518 g/mol. The van der Waals surface area contributed by atoms with E-state index in [2.05, 4.69) is 16.9 Å². The number of urea groups is 1. The topological polar surface area (TPSA) is 127 Å². The minimum atomic E-state index is -0.622. The van der Waals surface area contributed by atoms with Gasteiger partial charge in [0.05, 0.1) is 47.7 Å². The first kappa shape index (κ1) is 25.3. The molecule has 39 heavy (non-hydrogen) atoms. The van der Waals surface area contributed by atoms with Crippen molar-refractivity contribution in [3.8, 4) is 5.75 Å². The molecule has 3 aliphatic rings. The van der Waals surface area contributed by atoms with Gasteiger partial charge in [-0.2, -0.15) is 0 Å². The van der Waals surface area contributed by atoms with Crippen molar-refractivity contribution in [2.24, 2.45) is 5.73 Å². The van der Waals surface area contributed by atoms with E-state index in [1.54, 1.807) is 22.1 Å². The number of aryl methyl sites for hydroxylation is 1. The van der Waals surface area contributed by atoms with E-state index in [1.807, 2.05) is 25.1 Å². The average molecular weight is 548 g/mol. The number of amides is 4. The number of hydrogen-bond acceptors (Lipinski definition) is 7. The highest BCUT2D eigenvalue weighted by atomic mass is 32.1. The third kappa shape index (κ3) is 4.31. The lowest BCUT2D eigenvalue weighted by molar-refractivity contribution is -0.117. The molecule has 0 unspecified atom stereocenters. The van der Waals surface area contributed by atoms with E-state index >= 15 is 0 Å². The number of thiophene rings is 1. The molecule has 1 saturated carbocycles. The van der Waals surface area contributed by atoms with Crippen LogP contribution in [0.1, 0.15) is 40.9 Å². The van der Waals surface area contributed by atoms with Crippen molar-refractivity contribution in [3.63, 3.8) is 0 Å². The number of aromatic nitrogens is 1. The number of benzene rings is 1. The van der Waals surface area contributed by atoms with Gasteiger partial charge in [0.2, 0.25) is 5.91 Å². The molecule has 0 radical (unpaired) electrons. The number of hydrogen-bond donors (Lipinski definition) is 2. The first-order valence-electron chi connectivity index (χ1n) is 13.0. The molecule has 1 aliphatic carbocycles. The van der Waals surface area contributed by atoms with Crippen LogP contribution in [0.15, 0.2) is 43.1 Å². The molecule has 3 atom stereocenters. The number of rotatable bonds is 7. The highest BCUT2D eigenvalue weighted by Gasteiger charge is 2.45. The normalized spacial score (nSPS) is 22.4. The van der Waals surface area contributed by atoms with Crippen LogP contribution in [0, 0.1) is 6.92 Å². The summed E-state index contributed by atoms with van der Waals surface area (Å²) in [4.78, 5) is 48.0. The van der Waals surface area contributed by atoms with Crippen molar-refractivity contribution in [2.75, 3.05) is 23.0 Å². The molecule has 0 spiro atoms. The van der Waals surface area contributed by atoms with E-state index in [9.17, 15) is 14.4 Å². The predicted molar refractivity (Wildman–Crippen MR) is 149 cm³/mol. The van der Waals surface area contributed by atoms with Crippen LogP contribution in [0.25, 0.3) is 10.2 Å². The van der Waals surface area contributed by atoms with E-state index in [-0.39, 0.29) is 35.0 Å². The molecule has 6 rings (SSSR count). The van der Waals surface area contributed by atoms with Gasteiger partial charge >= 0.3 is 6.03 Å². The average Bonchev–Trinajstić information content (AvgIpc) is 3.67. The summed E-state index contributed by atoms with van der Waals surface area (Å²) in [6, 6.07) is 6.44. The molecule has 10 nitrogen and oxygen atoms in total. The van der Waals surface area contributed by atoms with Crippen molar-refractivity contribution in [1.29, 1.82) is 0 Å². The molecule has 1 aromatic carbocycles. The van der Waals surface area contributed by atoms with Gasteiger partial charge in [-0.15, -0.1) is 11.3 Å². The standard InChI is InChI=1S/C28H29N5O5S/c1-3-22(34)31-18-5-4-6-20(18)33-24-23-21(9-11-30-27(23)39-25(24)26(29)35)32(28(33)36)19-8-7-16(13-15(19)2)38-17-10-12-37-14-17/h3,7-9,11,13,17-18,20H,1,4-6,10,12,14H2,2H3,(H2,29,35)(H,31,34)/t17-,18+,20-/m1/s1. The Morgan fingerprint density at radius 1 is 1.26 bits per heavy atom. The number of carbonyl (C=O) groups is 3. The fourth-order valence-corrected chi connectivity index (χ4v) is 6.84. The van der Waals surface area contributed by atoms with E-state index in [0.29, 0.717) is 59.1 Å². The Morgan fingerprint density at radius 2 is 2.10 bits per heavy atom. The minimum absolute atomic E-state index is 0.00726. The van der Waals surface area contributed by atoms with Crippen molar-refractivity contribution in [1.82, 2.24) is 10.3 Å². The van der Waals surface area contributed by atoms with Crippen LogP contribution in [0.2, 0.25) is 0 Å². The summed E-state index contributed by atoms with van der Waals surface area (Å²) >= 11 is 1.17. The lowest BCUT2D eigenvalue weighted by Crippen LogP contribution is -2.55. The van der Waals surface area contributed by atoms with Gasteiger partial charge in [-0.1, -0.05) is 6.58 Å². The Kier molecular flexibility index (Phi) is 6.48. The zero-order chi connectivity index (χ0) is 27.3. The zero-order valence-corrected chi connectivity index (χ0v) is 22.3. The maximum Gasteiger partial charge on any atom is 0.334 e. The van der Waals surface area contributed by atoms with Crippen molar-refractivity contribution < 1.29 is 23.9 Å². The molecular formula is C28H29N5O5S. The number of anilines is 3. The van der Waals surface area contributed by atoms with Gasteiger partial charge < -0.3 is 20.5 Å². The summed E-state index contributed by atoms with van der Waals surface area (Å²) in [6.45, 7) is 6.74. The lowest BCUT2D eigenvalue weighted by atomic mass is 10.0. The Labute approximate surface area is 229 Å². The number of nitrogens with zero attached hydrogens (tertiary/aromatic N) is 3. The second-order valence-corrected chi connectivity index (χ2v) is 11.0. The number of nitrogens with two attached hydrogens (primary N) is 1. The number of carbonyl (C=O) groups excluding carboxylic acids is 3. The molecule has 2 aliphatic heterocycles. The Bertz CT molecular complexity index is 1500. The quantitative estimate of drug-likeness (QED) is 0.428. The molecule has 2 fully saturated rings. The summed E-state index contributed by atoms with van der Waals surface area (Å²) in [5.74, 6) is -0.216. The van der Waals surface area contributed by atoms with Crippen LogP contribution in [0.3, 0.4) is 0 Å². The molecule has 0 bridgehead atoms. The van der Waals surface area contributed by atoms with Crippen LogP contribution in [-0.2, 0) is 9.53 Å². The summed E-state index contributed by atoms with van der Waals surface area (Å²) in [6.07, 6.45) is 5.86. The fourth-order valence-electron chi connectivity index (χ4n) is 5.83. The summed E-state index contributed by atoms with van der Waals surface area (Å²) in [5, 5.41) is 3.67. The second-order valence-electron chi connectivity index (χ2n) is 10.0. The largest absolute Gasteiger partial charge is 0.488 e. The molecule has 202 valence electrons. The molecule has 4 amide bonds. The van der Waals surface area contributed by atoms with E-state index in [0.717, 1.165) is 18.4 Å². The summed E-state index contributed by atoms with van der Waals surface area (Å²) in [7, 11) is 0. The summed E-state index contributed by atoms with van der Waals surface area (Å²) in [5.41, 5.74) is 8.45. The Morgan fingerprint density at radius 3 is 2.82 bits per heavy atom. The number of nitrogens with one attached hydrogen (secondary N) is 1. The summed E-state index contributed by atoms with van der Waals surface area (Å²) < 4.78 is 11.5. The number of pyridine rings is 1. The Hall–Kier alpha value is -3.96. The lowest BCUT2D eigenvalue weighted by Gasteiger charge is -2.41. The van der Waals surface area contributed by atoms with Crippen molar-refractivity contribution in [2.45, 2.75) is 50.8 Å². The van der Waals surface area contributed by atoms with E-state index < -0.39 is 5.91 Å². The van der Waals surface area contributed by atoms with Crippen LogP contribution in [0.4, 0.5) is 21.9 Å². The molecule has 2 aromatic heterocycles. The van der Waals surface area contributed by atoms with Gasteiger partial charge in [0.1, 0.15) is 21.6 Å². The molecule has 3 N–H and O–H groups in total. The molecule has 3 aromatic rings. The maximum atomic E-state index is 14.5. The van der Waals surface area contributed by atoms with Gasteiger partial charge in [-0.25, -0.2) is 9.78 Å². The maximum absolute atomic E-state index is 14.5. The van der Waals surface area contributed by atoms with Gasteiger partial charge in [-0.05, 0) is 62.1 Å². The second kappa shape index (κ2) is 9.97. The van der Waals surface area contributed by atoms with Crippen LogP contribution < -0.4 is 25.6 Å². The van der Waals surface area contributed by atoms with Crippen LogP contribution >= 0.6 is 11.3 Å². The van der Waals surface area contributed by atoms with Crippen molar-refractivity contribution >= 4 is 56.5 Å². The van der Waals surface area contributed by atoms with Gasteiger partial charge in [0.25, 0.3) is 5.91 Å². The Balaban J connectivity index is 1.48. The molecule has 4 heterocycles. The predicted octanol–water partition coefficient (Wildman–Crippen LogP) is 4.17. The fraction of sp³-hybridized carbons (Fsp3) is 0.357. The molecule has 11 heteroatoms. The molecule has 1 saturated heterocycles. The van der Waals surface area contributed by atoms with Gasteiger partial charge in [0.15, 0.2) is 0 Å². The number of primary amides is 1. The zero-order valence-electron chi connectivity index (χ0n) is 21.5. The highest BCUT2D eigenvalue weighted by molar-refractivity contribution is 7.21.